The van der Waals surface area contributed by atoms with Crippen LogP contribution in [-0.2, 0) is 9.84 Å². The van der Waals surface area contributed by atoms with Crippen molar-refractivity contribution in [1.29, 1.82) is 0 Å². The topological polar surface area (TPSA) is 105 Å². The summed E-state index contributed by atoms with van der Waals surface area (Å²) < 4.78 is 24.3. The van der Waals surface area contributed by atoms with Crippen molar-refractivity contribution in [3.63, 3.8) is 0 Å². The minimum atomic E-state index is -3.38. The summed E-state index contributed by atoms with van der Waals surface area (Å²) in [5.41, 5.74) is 5.83. The molecule has 0 radical (unpaired) electrons. The average molecular weight is 299 g/mol. The summed E-state index contributed by atoms with van der Waals surface area (Å²) in [6.07, 6.45) is 0. The molecule has 0 bridgehead atoms. The van der Waals surface area contributed by atoms with E-state index < -0.39 is 9.84 Å². The molecule has 1 aromatic rings. The quantitative estimate of drug-likeness (QED) is 0.227. The second kappa shape index (κ2) is 7.25. The standard InChI is InChI=1S/C13H21N3O3S/c1-10(2)9-15-6-7-20(18,19)12-5-3-4-11(8-12)13(14)16-17/h3-5,8,10,15,17H,6-7,9H2,1-2H3,(H2,14,16). The Morgan fingerprint density at radius 2 is 2.15 bits per heavy atom. The molecule has 0 fully saturated rings. The van der Waals surface area contributed by atoms with Crippen molar-refractivity contribution >= 4 is 15.7 Å². The van der Waals surface area contributed by atoms with E-state index in [-0.39, 0.29) is 16.5 Å². The SMILES string of the molecule is CC(C)CNCCS(=O)(=O)c1cccc(/C(N)=N/O)c1. The monoisotopic (exact) mass is 299 g/mol. The molecule has 0 amide bonds. The second-order valence-corrected chi connectivity index (χ2v) is 7.04. The molecule has 20 heavy (non-hydrogen) atoms. The van der Waals surface area contributed by atoms with Crippen LogP contribution in [0.3, 0.4) is 0 Å². The molecule has 0 aromatic heterocycles. The Hall–Kier alpha value is -1.60. The molecule has 0 unspecified atom stereocenters. The first-order valence-corrected chi connectivity index (χ1v) is 8.03. The van der Waals surface area contributed by atoms with Crippen LogP contribution in [0.2, 0.25) is 0 Å². The number of rotatable bonds is 7. The van der Waals surface area contributed by atoms with Crippen molar-refractivity contribution in [2.45, 2.75) is 18.7 Å². The van der Waals surface area contributed by atoms with E-state index in [9.17, 15) is 8.42 Å². The molecule has 0 aliphatic heterocycles. The first kappa shape index (κ1) is 16.5. The van der Waals surface area contributed by atoms with Crippen LogP contribution in [0.25, 0.3) is 0 Å². The fourth-order valence-corrected chi connectivity index (χ4v) is 2.86. The van der Waals surface area contributed by atoms with Crippen molar-refractivity contribution in [2.24, 2.45) is 16.8 Å². The molecule has 0 spiro atoms. The lowest BCUT2D eigenvalue weighted by molar-refractivity contribution is 0.318. The van der Waals surface area contributed by atoms with E-state index in [1.807, 2.05) is 0 Å². The lowest BCUT2D eigenvalue weighted by atomic mass is 10.2. The predicted molar refractivity (Wildman–Crippen MR) is 78.7 cm³/mol. The van der Waals surface area contributed by atoms with E-state index in [1.54, 1.807) is 12.1 Å². The van der Waals surface area contributed by atoms with E-state index >= 15 is 0 Å². The third kappa shape index (κ3) is 4.82. The van der Waals surface area contributed by atoms with Crippen LogP contribution in [0, 0.1) is 5.92 Å². The first-order valence-electron chi connectivity index (χ1n) is 6.38. The number of nitrogens with two attached hydrogens (primary N) is 1. The summed E-state index contributed by atoms with van der Waals surface area (Å²) in [6.45, 7) is 5.29. The number of nitrogens with one attached hydrogen (secondary N) is 1. The van der Waals surface area contributed by atoms with Gasteiger partial charge in [-0.1, -0.05) is 31.1 Å². The van der Waals surface area contributed by atoms with Crippen molar-refractivity contribution in [1.82, 2.24) is 5.32 Å². The zero-order valence-electron chi connectivity index (χ0n) is 11.7. The maximum Gasteiger partial charge on any atom is 0.179 e. The molecule has 1 aromatic carbocycles. The maximum atomic E-state index is 12.2. The third-order valence-electron chi connectivity index (χ3n) is 2.70. The van der Waals surface area contributed by atoms with Crippen molar-refractivity contribution in [2.75, 3.05) is 18.8 Å². The van der Waals surface area contributed by atoms with Crippen LogP contribution in [0.5, 0.6) is 0 Å². The molecule has 1 rings (SSSR count). The Balaban J connectivity index is 2.77. The summed E-state index contributed by atoms with van der Waals surface area (Å²) in [4.78, 5) is 0.174. The highest BCUT2D eigenvalue weighted by Gasteiger charge is 2.15. The van der Waals surface area contributed by atoms with Gasteiger partial charge in [0.25, 0.3) is 0 Å². The summed E-state index contributed by atoms with van der Waals surface area (Å²) in [6, 6.07) is 6.08. The lowest BCUT2D eigenvalue weighted by Crippen LogP contribution is -2.26. The van der Waals surface area contributed by atoms with E-state index in [1.165, 1.54) is 12.1 Å². The number of sulfone groups is 1. The van der Waals surface area contributed by atoms with Gasteiger partial charge in [0.05, 0.1) is 10.6 Å². The number of hydrogen-bond donors (Lipinski definition) is 3. The lowest BCUT2D eigenvalue weighted by Gasteiger charge is -2.09. The van der Waals surface area contributed by atoms with E-state index in [2.05, 4.69) is 24.3 Å². The molecule has 0 aliphatic rings. The molecule has 0 aliphatic carbocycles. The normalized spacial score (nSPS) is 12.8. The van der Waals surface area contributed by atoms with Gasteiger partial charge < -0.3 is 16.3 Å². The van der Waals surface area contributed by atoms with E-state index in [0.29, 0.717) is 18.0 Å². The minimum Gasteiger partial charge on any atom is -0.409 e. The fourth-order valence-electron chi connectivity index (χ4n) is 1.62. The smallest absolute Gasteiger partial charge is 0.179 e. The zero-order valence-corrected chi connectivity index (χ0v) is 12.5. The molecule has 0 saturated heterocycles. The number of benzene rings is 1. The molecule has 7 heteroatoms. The highest BCUT2D eigenvalue weighted by atomic mass is 32.2. The van der Waals surface area contributed by atoms with Gasteiger partial charge in [0.15, 0.2) is 15.7 Å². The third-order valence-corrected chi connectivity index (χ3v) is 4.41. The van der Waals surface area contributed by atoms with Gasteiger partial charge in [-0.15, -0.1) is 0 Å². The summed E-state index contributed by atoms with van der Waals surface area (Å²) in [7, 11) is -3.38. The van der Waals surface area contributed by atoms with Crippen molar-refractivity contribution in [3.05, 3.63) is 29.8 Å². The summed E-state index contributed by atoms with van der Waals surface area (Å²) >= 11 is 0. The van der Waals surface area contributed by atoms with Crippen LogP contribution >= 0.6 is 0 Å². The van der Waals surface area contributed by atoms with Gasteiger partial charge >= 0.3 is 0 Å². The Labute approximate surface area is 119 Å². The number of nitrogens with zero attached hydrogens (tertiary/aromatic N) is 1. The van der Waals surface area contributed by atoms with Crippen LogP contribution in [0.4, 0.5) is 0 Å². The highest BCUT2D eigenvalue weighted by molar-refractivity contribution is 7.91. The largest absolute Gasteiger partial charge is 0.409 e. The maximum absolute atomic E-state index is 12.2. The average Bonchev–Trinajstić information content (AvgIpc) is 2.42. The minimum absolute atomic E-state index is 0.0132. The van der Waals surface area contributed by atoms with Crippen LogP contribution < -0.4 is 11.1 Å². The van der Waals surface area contributed by atoms with E-state index in [4.69, 9.17) is 10.9 Å². The van der Waals surface area contributed by atoms with E-state index in [0.717, 1.165) is 6.54 Å². The number of amidine groups is 1. The molecule has 112 valence electrons. The summed E-state index contributed by atoms with van der Waals surface area (Å²) in [5.74, 6) is 0.376. The van der Waals surface area contributed by atoms with Gasteiger partial charge in [0.1, 0.15) is 0 Å². The van der Waals surface area contributed by atoms with Gasteiger partial charge in [0, 0.05) is 12.1 Å². The molecular formula is C13H21N3O3S. The Morgan fingerprint density at radius 1 is 1.45 bits per heavy atom. The Bertz CT molecular complexity index is 568. The van der Waals surface area contributed by atoms with Gasteiger partial charge in [-0.25, -0.2) is 8.42 Å². The number of oxime groups is 1. The van der Waals surface area contributed by atoms with Crippen LogP contribution in [0.1, 0.15) is 19.4 Å². The molecule has 6 nitrogen and oxygen atoms in total. The summed E-state index contributed by atoms with van der Waals surface area (Å²) in [5, 5.41) is 14.6. The molecular weight excluding hydrogens is 278 g/mol. The van der Waals surface area contributed by atoms with Crippen LogP contribution in [0.15, 0.2) is 34.3 Å². The van der Waals surface area contributed by atoms with Crippen molar-refractivity contribution < 1.29 is 13.6 Å². The Kier molecular flexibility index (Phi) is 5.97. The second-order valence-electron chi connectivity index (χ2n) is 4.93. The highest BCUT2D eigenvalue weighted by Crippen LogP contribution is 2.13. The number of hydrogen-bond acceptors (Lipinski definition) is 5. The van der Waals surface area contributed by atoms with Crippen LogP contribution in [-0.4, -0.2) is 38.3 Å². The first-order chi connectivity index (χ1) is 9.36. The zero-order chi connectivity index (χ0) is 15.2. The van der Waals surface area contributed by atoms with Gasteiger partial charge in [-0.05, 0) is 24.6 Å². The van der Waals surface area contributed by atoms with Gasteiger partial charge in [-0.2, -0.15) is 0 Å². The Morgan fingerprint density at radius 3 is 2.75 bits per heavy atom. The molecule has 4 N–H and O–H groups in total. The molecule has 0 atom stereocenters. The van der Waals surface area contributed by atoms with Gasteiger partial charge in [0.2, 0.25) is 0 Å². The molecule has 0 saturated carbocycles. The molecule has 0 heterocycles. The predicted octanol–water partition coefficient (Wildman–Crippen LogP) is 0.800. The van der Waals surface area contributed by atoms with Crippen molar-refractivity contribution in [3.8, 4) is 0 Å². The van der Waals surface area contributed by atoms with Gasteiger partial charge in [-0.3, -0.25) is 0 Å². The fraction of sp³-hybridized carbons (Fsp3) is 0.462.